The fourth-order valence-electron chi connectivity index (χ4n) is 1.35. The van der Waals surface area contributed by atoms with E-state index in [1.54, 1.807) is 0 Å². The Labute approximate surface area is 107 Å². The SMILES string of the molecule is CCCC(=O)OCCNCc1ccc(Cl)cc1. The van der Waals surface area contributed by atoms with Gasteiger partial charge in [-0.05, 0) is 24.1 Å². The monoisotopic (exact) mass is 255 g/mol. The number of esters is 1. The molecule has 4 heteroatoms. The third-order valence-electron chi connectivity index (χ3n) is 2.24. The second kappa shape index (κ2) is 8.09. The van der Waals surface area contributed by atoms with E-state index in [0.29, 0.717) is 19.6 Å². The maximum atomic E-state index is 11.0. The third kappa shape index (κ3) is 6.29. The van der Waals surface area contributed by atoms with Crippen molar-refractivity contribution in [1.82, 2.24) is 5.32 Å². The van der Waals surface area contributed by atoms with Crippen molar-refractivity contribution >= 4 is 17.6 Å². The summed E-state index contributed by atoms with van der Waals surface area (Å²) in [5.41, 5.74) is 1.16. The van der Waals surface area contributed by atoms with Gasteiger partial charge in [0.25, 0.3) is 0 Å². The second-order valence-electron chi connectivity index (χ2n) is 3.77. The van der Waals surface area contributed by atoms with E-state index in [4.69, 9.17) is 16.3 Å². The molecule has 1 rings (SSSR count). The molecule has 0 amide bonds. The predicted octanol–water partition coefficient (Wildman–Crippen LogP) is 2.77. The molecule has 0 saturated carbocycles. The topological polar surface area (TPSA) is 38.3 Å². The summed E-state index contributed by atoms with van der Waals surface area (Å²) in [7, 11) is 0. The average Bonchev–Trinajstić information content (AvgIpc) is 2.31. The minimum Gasteiger partial charge on any atom is -0.464 e. The average molecular weight is 256 g/mol. The highest BCUT2D eigenvalue weighted by Crippen LogP contribution is 2.08. The lowest BCUT2D eigenvalue weighted by molar-refractivity contribution is -0.143. The zero-order chi connectivity index (χ0) is 12.5. The number of benzene rings is 1. The largest absolute Gasteiger partial charge is 0.464 e. The highest BCUT2D eigenvalue weighted by Gasteiger charge is 1.99. The lowest BCUT2D eigenvalue weighted by atomic mass is 10.2. The Bertz CT molecular complexity index is 338. The van der Waals surface area contributed by atoms with Gasteiger partial charge in [0.15, 0.2) is 0 Å². The first kappa shape index (κ1) is 14.0. The van der Waals surface area contributed by atoms with Crippen molar-refractivity contribution in [2.75, 3.05) is 13.2 Å². The number of carbonyl (C=O) groups is 1. The van der Waals surface area contributed by atoms with Gasteiger partial charge >= 0.3 is 5.97 Å². The molecule has 0 heterocycles. The van der Waals surface area contributed by atoms with Gasteiger partial charge in [0.2, 0.25) is 0 Å². The molecule has 1 N–H and O–H groups in total. The Morgan fingerprint density at radius 1 is 1.35 bits per heavy atom. The molecule has 0 aromatic heterocycles. The molecule has 94 valence electrons. The smallest absolute Gasteiger partial charge is 0.305 e. The van der Waals surface area contributed by atoms with Crippen LogP contribution in [0.15, 0.2) is 24.3 Å². The Morgan fingerprint density at radius 2 is 2.06 bits per heavy atom. The van der Waals surface area contributed by atoms with Crippen LogP contribution in [-0.4, -0.2) is 19.1 Å². The zero-order valence-corrected chi connectivity index (χ0v) is 10.8. The van der Waals surface area contributed by atoms with E-state index >= 15 is 0 Å². The fourth-order valence-corrected chi connectivity index (χ4v) is 1.47. The van der Waals surface area contributed by atoms with Gasteiger partial charge < -0.3 is 10.1 Å². The standard InChI is InChI=1S/C13H18ClNO2/c1-2-3-13(16)17-9-8-15-10-11-4-6-12(14)7-5-11/h4-7,15H,2-3,8-10H2,1H3. The van der Waals surface area contributed by atoms with Gasteiger partial charge in [-0.25, -0.2) is 0 Å². The normalized spacial score (nSPS) is 10.2. The number of hydrogen-bond acceptors (Lipinski definition) is 3. The van der Waals surface area contributed by atoms with Crippen molar-refractivity contribution in [2.24, 2.45) is 0 Å². The van der Waals surface area contributed by atoms with E-state index in [9.17, 15) is 4.79 Å². The highest BCUT2D eigenvalue weighted by atomic mass is 35.5. The molecular formula is C13H18ClNO2. The Morgan fingerprint density at radius 3 is 2.71 bits per heavy atom. The molecule has 0 aliphatic carbocycles. The molecule has 1 aromatic carbocycles. The molecule has 3 nitrogen and oxygen atoms in total. The molecule has 0 bridgehead atoms. The van der Waals surface area contributed by atoms with Crippen molar-refractivity contribution in [3.63, 3.8) is 0 Å². The van der Waals surface area contributed by atoms with E-state index in [2.05, 4.69) is 5.32 Å². The molecule has 0 unspecified atom stereocenters. The molecule has 0 radical (unpaired) electrons. The first-order valence-corrected chi connectivity index (χ1v) is 6.21. The quantitative estimate of drug-likeness (QED) is 0.601. The van der Waals surface area contributed by atoms with Crippen molar-refractivity contribution in [3.05, 3.63) is 34.9 Å². The van der Waals surface area contributed by atoms with Crippen LogP contribution in [0.5, 0.6) is 0 Å². The van der Waals surface area contributed by atoms with Crippen molar-refractivity contribution in [2.45, 2.75) is 26.3 Å². The maximum absolute atomic E-state index is 11.0. The third-order valence-corrected chi connectivity index (χ3v) is 2.49. The number of nitrogens with one attached hydrogen (secondary N) is 1. The van der Waals surface area contributed by atoms with Gasteiger partial charge in [0.05, 0.1) is 0 Å². The number of halogens is 1. The van der Waals surface area contributed by atoms with E-state index < -0.39 is 0 Å². The summed E-state index contributed by atoms with van der Waals surface area (Å²) >= 11 is 5.78. The lowest BCUT2D eigenvalue weighted by Gasteiger charge is -2.06. The molecule has 0 saturated heterocycles. The van der Waals surface area contributed by atoms with Gasteiger partial charge in [-0.1, -0.05) is 30.7 Å². The van der Waals surface area contributed by atoms with Crippen LogP contribution in [0.3, 0.4) is 0 Å². The van der Waals surface area contributed by atoms with Crippen molar-refractivity contribution < 1.29 is 9.53 Å². The molecular weight excluding hydrogens is 238 g/mol. The van der Waals surface area contributed by atoms with Crippen LogP contribution in [-0.2, 0) is 16.1 Å². The van der Waals surface area contributed by atoms with Gasteiger partial charge in [-0.15, -0.1) is 0 Å². The van der Waals surface area contributed by atoms with Crippen LogP contribution in [0.1, 0.15) is 25.3 Å². The summed E-state index contributed by atoms with van der Waals surface area (Å²) < 4.78 is 5.02. The van der Waals surface area contributed by atoms with Gasteiger partial charge in [0, 0.05) is 24.5 Å². The Balaban J connectivity index is 2.08. The van der Waals surface area contributed by atoms with Crippen LogP contribution in [0.2, 0.25) is 5.02 Å². The summed E-state index contributed by atoms with van der Waals surface area (Å²) in [6.07, 6.45) is 1.33. The molecule has 0 aliphatic heterocycles. The lowest BCUT2D eigenvalue weighted by Crippen LogP contribution is -2.20. The summed E-state index contributed by atoms with van der Waals surface area (Å²) in [4.78, 5) is 11.0. The maximum Gasteiger partial charge on any atom is 0.305 e. The Kier molecular flexibility index (Phi) is 6.67. The zero-order valence-electron chi connectivity index (χ0n) is 10.0. The Hall–Kier alpha value is -1.06. The molecule has 17 heavy (non-hydrogen) atoms. The number of carbonyl (C=O) groups excluding carboxylic acids is 1. The van der Waals surface area contributed by atoms with Crippen LogP contribution >= 0.6 is 11.6 Å². The molecule has 0 fully saturated rings. The van der Waals surface area contributed by atoms with Gasteiger partial charge in [-0.2, -0.15) is 0 Å². The molecule has 1 aromatic rings. The highest BCUT2D eigenvalue weighted by molar-refractivity contribution is 6.30. The summed E-state index contributed by atoms with van der Waals surface area (Å²) in [5.74, 6) is -0.124. The second-order valence-corrected chi connectivity index (χ2v) is 4.21. The van der Waals surface area contributed by atoms with Crippen LogP contribution < -0.4 is 5.32 Å². The molecule has 0 atom stereocenters. The first-order valence-electron chi connectivity index (χ1n) is 5.83. The van der Waals surface area contributed by atoms with Crippen molar-refractivity contribution in [3.8, 4) is 0 Å². The van der Waals surface area contributed by atoms with Crippen LogP contribution in [0.25, 0.3) is 0 Å². The summed E-state index contributed by atoms with van der Waals surface area (Å²) in [6, 6.07) is 7.66. The van der Waals surface area contributed by atoms with E-state index in [1.807, 2.05) is 31.2 Å². The number of ether oxygens (including phenoxy) is 1. The number of hydrogen-bond donors (Lipinski definition) is 1. The summed E-state index contributed by atoms with van der Waals surface area (Å²) in [5, 5.41) is 3.94. The number of rotatable bonds is 7. The predicted molar refractivity (Wildman–Crippen MR) is 69.0 cm³/mol. The summed E-state index contributed by atoms with van der Waals surface area (Å²) in [6.45, 7) is 3.80. The van der Waals surface area contributed by atoms with E-state index in [1.165, 1.54) is 0 Å². The minimum atomic E-state index is -0.124. The molecule has 0 spiro atoms. The van der Waals surface area contributed by atoms with Crippen LogP contribution in [0.4, 0.5) is 0 Å². The first-order chi connectivity index (χ1) is 8.22. The minimum absolute atomic E-state index is 0.124. The van der Waals surface area contributed by atoms with E-state index in [-0.39, 0.29) is 5.97 Å². The fraction of sp³-hybridized carbons (Fsp3) is 0.462. The molecule has 0 aliphatic rings. The van der Waals surface area contributed by atoms with Gasteiger partial charge in [-0.3, -0.25) is 4.79 Å². The van der Waals surface area contributed by atoms with E-state index in [0.717, 1.165) is 23.6 Å². The van der Waals surface area contributed by atoms with Crippen molar-refractivity contribution in [1.29, 1.82) is 0 Å². The van der Waals surface area contributed by atoms with Crippen LogP contribution in [0, 0.1) is 0 Å². The van der Waals surface area contributed by atoms with Gasteiger partial charge in [0.1, 0.15) is 6.61 Å².